The first kappa shape index (κ1) is 17.9. The Balaban J connectivity index is 1.44. The van der Waals surface area contributed by atoms with Gasteiger partial charge in [-0.15, -0.1) is 5.10 Å². The molecule has 1 aliphatic rings. The quantitative estimate of drug-likeness (QED) is 0.771. The molecule has 0 spiro atoms. The molecule has 1 saturated heterocycles. The summed E-state index contributed by atoms with van der Waals surface area (Å²) >= 11 is 0. The third-order valence-electron chi connectivity index (χ3n) is 5.02. The van der Waals surface area contributed by atoms with Crippen molar-refractivity contribution in [1.82, 2.24) is 25.1 Å². The van der Waals surface area contributed by atoms with E-state index in [1.54, 1.807) is 0 Å². The molecule has 1 aromatic carbocycles. The van der Waals surface area contributed by atoms with Crippen LogP contribution >= 0.6 is 0 Å². The van der Waals surface area contributed by atoms with Crippen LogP contribution in [0.15, 0.2) is 18.2 Å². The predicted octanol–water partition coefficient (Wildman–Crippen LogP) is 2.99. The van der Waals surface area contributed by atoms with Gasteiger partial charge in [0.15, 0.2) is 0 Å². The number of piperidine rings is 1. The monoisotopic (exact) mass is 349 g/mol. The highest BCUT2D eigenvalue weighted by Gasteiger charge is 2.20. The lowest BCUT2D eigenvalue weighted by Gasteiger charge is -2.32. The zero-order chi connectivity index (χ0) is 17.6. The van der Waals surface area contributed by atoms with Crippen LogP contribution in [0.1, 0.15) is 37.1 Å². The van der Waals surface area contributed by atoms with Gasteiger partial charge in [-0.25, -0.2) is 13.5 Å². The molecular formula is C18H25F2N5. The van der Waals surface area contributed by atoms with Gasteiger partial charge in [0.05, 0.1) is 0 Å². The van der Waals surface area contributed by atoms with Crippen molar-refractivity contribution in [1.29, 1.82) is 0 Å². The summed E-state index contributed by atoms with van der Waals surface area (Å²) in [5, 5.41) is 11.5. The molecule has 2 aromatic rings. The first-order valence-corrected chi connectivity index (χ1v) is 9.01. The van der Waals surface area contributed by atoms with Crippen LogP contribution in [0.3, 0.4) is 0 Å². The Bertz CT molecular complexity index is 668. The van der Waals surface area contributed by atoms with Crippen LogP contribution in [-0.4, -0.2) is 44.7 Å². The van der Waals surface area contributed by atoms with E-state index in [2.05, 4.69) is 20.4 Å². The molecule has 136 valence electrons. The highest BCUT2D eigenvalue weighted by molar-refractivity contribution is 5.19. The maximum Gasteiger partial charge on any atom is 0.148 e. The van der Waals surface area contributed by atoms with Crippen molar-refractivity contribution in [2.75, 3.05) is 19.6 Å². The summed E-state index contributed by atoms with van der Waals surface area (Å²) in [7, 11) is 0. The molecule has 1 aliphatic heterocycles. The van der Waals surface area contributed by atoms with E-state index in [1.807, 2.05) is 11.6 Å². The van der Waals surface area contributed by atoms with Crippen molar-refractivity contribution in [3.8, 4) is 0 Å². The van der Waals surface area contributed by atoms with Gasteiger partial charge in [-0.05, 0) is 80.6 Å². The number of aromatic nitrogens is 4. The lowest BCUT2D eigenvalue weighted by Crippen LogP contribution is -2.36. The van der Waals surface area contributed by atoms with Gasteiger partial charge in [0.25, 0.3) is 0 Å². The van der Waals surface area contributed by atoms with E-state index in [0.29, 0.717) is 12.3 Å². The summed E-state index contributed by atoms with van der Waals surface area (Å²) in [6.45, 7) is 5.83. The van der Waals surface area contributed by atoms with Gasteiger partial charge in [-0.1, -0.05) is 6.07 Å². The number of likely N-dealkylation sites (tertiary alicyclic amines) is 1. The minimum atomic E-state index is -0.426. The molecule has 1 atom stereocenters. The number of hydrogen-bond donors (Lipinski definition) is 0. The van der Waals surface area contributed by atoms with E-state index in [9.17, 15) is 8.78 Å². The van der Waals surface area contributed by atoms with Crippen LogP contribution in [0.4, 0.5) is 8.78 Å². The predicted molar refractivity (Wildman–Crippen MR) is 91.0 cm³/mol. The third-order valence-corrected chi connectivity index (χ3v) is 5.02. The second-order valence-corrected chi connectivity index (χ2v) is 6.85. The highest BCUT2D eigenvalue weighted by atomic mass is 19.1. The summed E-state index contributed by atoms with van der Waals surface area (Å²) in [6.07, 6.45) is 4.59. The molecular weight excluding hydrogens is 324 g/mol. The van der Waals surface area contributed by atoms with Crippen LogP contribution in [0.2, 0.25) is 0 Å². The molecule has 0 unspecified atom stereocenters. The molecule has 1 fully saturated rings. The topological polar surface area (TPSA) is 46.8 Å². The van der Waals surface area contributed by atoms with E-state index < -0.39 is 11.6 Å². The minimum absolute atomic E-state index is 0.230. The van der Waals surface area contributed by atoms with Crippen LogP contribution in [-0.2, 0) is 13.0 Å². The third kappa shape index (κ3) is 4.81. The van der Waals surface area contributed by atoms with Gasteiger partial charge in [-0.2, -0.15) is 0 Å². The fourth-order valence-corrected chi connectivity index (χ4v) is 3.61. The van der Waals surface area contributed by atoms with Crippen LogP contribution in [0.25, 0.3) is 0 Å². The summed E-state index contributed by atoms with van der Waals surface area (Å²) in [5.74, 6) is 0.486. The lowest BCUT2D eigenvalue weighted by atomic mass is 9.91. The molecule has 0 amide bonds. The fourth-order valence-electron chi connectivity index (χ4n) is 3.61. The Morgan fingerprint density at radius 1 is 1.20 bits per heavy atom. The maximum atomic E-state index is 13.7. The van der Waals surface area contributed by atoms with Crippen molar-refractivity contribution in [3.63, 3.8) is 0 Å². The molecule has 1 aromatic heterocycles. The summed E-state index contributed by atoms with van der Waals surface area (Å²) in [4.78, 5) is 2.45. The Morgan fingerprint density at radius 2 is 2.00 bits per heavy atom. The van der Waals surface area contributed by atoms with Crippen molar-refractivity contribution in [2.45, 2.75) is 45.6 Å². The zero-order valence-corrected chi connectivity index (χ0v) is 14.7. The molecule has 5 nitrogen and oxygen atoms in total. The molecule has 0 bridgehead atoms. The lowest BCUT2D eigenvalue weighted by molar-refractivity contribution is 0.164. The second-order valence-electron chi connectivity index (χ2n) is 6.85. The van der Waals surface area contributed by atoms with E-state index in [1.165, 1.54) is 18.2 Å². The van der Waals surface area contributed by atoms with E-state index in [0.717, 1.165) is 57.7 Å². The van der Waals surface area contributed by atoms with E-state index >= 15 is 0 Å². The molecule has 0 radical (unpaired) electrons. The minimum Gasteiger partial charge on any atom is -0.303 e. The Kier molecular flexibility index (Phi) is 6.07. The zero-order valence-electron chi connectivity index (χ0n) is 14.7. The first-order valence-electron chi connectivity index (χ1n) is 9.01. The number of nitrogens with zero attached hydrogens (tertiary/aromatic N) is 5. The van der Waals surface area contributed by atoms with E-state index in [-0.39, 0.29) is 5.56 Å². The maximum absolute atomic E-state index is 13.7. The number of tetrazole rings is 1. The summed E-state index contributed by atoms with van der Waals surface area (Å²) in [6, 6.07) is 4.10. The number of halogens is 2. The number of rotatable bonds is 7. The standard InChI is InChI=1S/C18H25F2N5/c1-14-21-22-23-25(14)12-4-11-24-10-3-5-15(13-24)8-9-16-17(19)6-2-7-18(16)20/h2,6-7,15H,3-5,8-13H2,1H3/t15-/m1/s1. The van der Waals surface area contributed by atoms with E-state index in [4.69, 9.17) is 0 Å². The summed E-state index contributed by atoms with van der Waals surface area (Å²) < 4.78 is 29.3. The number of benzene rings is 1. The van der Waals surface area contributed by atoms with Gasteiger partial charge >= 0.3 is 0 Å². The van der Waals surface area contributed by atoms with Crippen molar-refractivity contribution in [2.24, 2.45) is 5.92 Å². The molecule has 25 heavy (non-hydrogen) atoms. The van der Waals surface area contributed by atoms with Crippen molar-refractivity contribution in [3.05, 3.63) is 41.2 Å². The SMILES string of the molecule is Cc1nnnn1CCCN1CCC[C@H](CCc2c(F)cccc2F)C1. The van der Waals surface area contributed by atoms with Gasteiger partial charge in [0.1, 0.15) is 17.5 Å². The largest absolute Gasteiger partial charge is 0.303 e. The molecule has 0 aliphatic carbocycles. The second kappa shape index (κ2) is 8.47. The Labute approximate surface area is 147 Å². The highest BCUT2D eigenvalue weighted by Crippen LogP contribution is 2.23. The first-order chi connectivity index (χ1) is 12.1. The Morgan fingerprint density at radius 3 is 2.72 bits per heavy atom. The average molecular weight is 349 g/mol. The molecule has 3 rings (SSSR count). The fraction of sp³-hybridized carbons (Fsp3) is 0.611. The van der Waals surface area contributed by atoms with Crippen LogP contribution in [0, 0.1) is 24.5 Å². The van der Waals surface area contributed by atoms with Gasteiger partial charge < -0.3 is 4.90 Å². The normalized spacial score (nSPS) is 18.6. The van der Waals surface area contributed by atoms with Crippen molar-refractivity contribution >= 4 is 0 Å². The number of aryl methyl sites for hydroxylation is 2. The molecule has 2 heterocycles. The van der Waals surface area contributed by atoms with Crippen LogP contribution < -0.4 is 0 Å². The van der Waals surface area contributed by atoms with Gasteiger partial charge in [0.2, 0.25) is 0 Å². The van der Waals surface area contributed by atoms with Crippen molar-refractivity contribution < 1.29 is 8.78 Å². The Hall–Kier alpha value is -1.89. The van der Waals surface area contributed by atoms with Crippen LogP contribution in [0.5, 0.6) is 0 Å². The molecule has 0 N–H and O–H groups in total. The molecule has 7 heteroatoms. The average Bonchev–Trinajstić information content (AvgIpc) is 3.00. The summed E-state index contributed by atoms with van der Waals surface area (Å²) in [5.41, 5.74) is 0.230. The van der Waals surface area contributed by atoms with Gasteiger partial charge in [-0.3, -0.25) is 0 Å². The molecule has 0 saturated carbocycles. The smallest absolute Gasteiger partial charge is 0.148 e. The number of hydrogen-bond acceptors (Lipinski definition) is 4. The van der Waals surface area contributed by atoms with Gasteiger partial charge in [0, 0.05) is 18.7 Å².